The first-order valence-electron chi connectivity index (χ1n) is 4.04. The zero-order valence-corrected chi connectivity index (χ0v) is 7.63. The van der Waals surface area contributed by atoms with Crippen LogP contribution in [0.5, 0.6) is 0 Å². The second-order valence-electron chi connectivity index (χ2n) is 2.66. The fraction of sp³-hybridized carbons (Fsp3) is 0.667. The van der Waals surface area contributed by atoms with Crippen molar-refractivity contribution in [1.82, 2.24) is 0 Å². The normalized spacial score (nSPS) is 11.8. The first-order valence-corrected chi connectivity index (χ1v) is 4.04. The van der Waals surface area contributed by atoms with Gasteiger partial charge in [0, 0.05) is 12.5 Å². The largest absolute Gasteiger partial charge is 0.451 e. The monoisotopic (exact) mass is 155 g/mol. The van der Waals surface area contributed by atoms with Crippen molar-refractivity contribution in [2.24, 2.45) is 10.9 Å². The van der Waals surface area contributed by atoms with Gasteiger partial charge in [-0.3, -0.25) is 4.99 Å². The second-order valence-corrected chi connectivity index (χ2v) is 2.66. The van der Waals surface area contributed by atoms with E-state index in [4.69, 9.17) is 4.74 Å². The fourth-order valence-corrected chi connectivity index (χ4v) is 0.663. The highest BCUT2D eigenvalue weighted by Gasteiger charge is 2.03. The Kier molecular flexibility index (Phi) is 5.53. The Bertz CT molecular complexity index is 138. The van der Waals surface area contributed by atoms with Crippen LogP contribution in [0.15, 0.2) is 17.8 Å². The zero-order chi connectivity index (χ0) is 8.69. The van der Waals surface area contributed by atoms with Crippen molar-refractivity contribution in [3.05, 3.63) is 12.8 Å². The molecule has 0 bridgehead atoms. The summed E-state index contributed by atoms with van der Waals surface area (Å²) in [7, 11) is 0. The van der Waals surface area contributed by atoms with Crippen molar-refractivity contribution in [3.63, 3.8) is 0 Å². The van der Waals surface area contributed by atoms with Crippen LogP contribution >= 0.6 is 0 Å². The van der Waals surface area contributed by atoms with Gasteiger partial charge in [0.15, 0.2) is 5.90 Å². The van der Waals surface area contributed by atoms with E-state index in [0.717, 1.165) is 18.9 Å². The molecule has 0 unspecified atom stereocenters. The van der Waals surface area contributed by atoms with Crippen LogP contribution in [0.1, 0.15) is 27.2 Å². The Morgan fingerprint density at radius 2 is 2.27 bits per heavy atom. The highest BCUT2D eigenvalue weighted by atomic mass is 16.5. The quantitative estimate of drug-likeness (QED) is 0.347. The molecule has 2 nitrogen and oxygen atoms in total. The molecule has 0 atom stereocenters. The lowest BCUT2D eigenvalue weighted by molar-refractivity contribution is 0.435. The van der Waals surface area contributed by atoms with Crippen LogP contribution in [0.25, 0.3) is 0 Å². The third kappa shape index (κ3) is 4.59. The van der Waals surface area contributed by atoms with E-state index in [0.29, 0.717) is 5.92 Å². The van der Waals surface area contributed by atoms with Crippen molar-refractivity contribution >= 4 is 5.90 Å². The minimum atomic E-state index is 0.347. The third-order valence-corrected chi connectivity index (χ3v) is 1.19. The summed E-state index contributed by atoms with van der Waals surface area (Å²) >= 11 is 0. The van der Waals surface area contributed by atoms with Crippen molar-refractivity contribution in [1.29, 1.82) is 0 Å². The van der Waals surface area contributed by atoms with Gasteiger partial charge < -0.3 is 4.74 Å². The van der Waals surface area contributed by atoms with Gasteiger partial charge in [0.2, 0.25) is 0 Å². The number of aliphatic imine (C=N–C) groups is 1. The average molecular weight is 155 g/mol. The molecule has 0 aromatic heterocycles. The molecule has 0 heterocycles. The van der Waals surface area contributed by atoms with Crippen molar-refractivity contribution in [2.45, 2.75) is 27.2 Å². The van der Waals surface area contributed by atoms with Gasteiger partial charge >= 0.3 is 0 Å². The summed E-state index contributed by atoms with van der Waals surface area (Å²) in [6.45, 7) is 10.5. The molecular weight excluding hydrogens is 138 g/mol. The molecule has 0 saturated heterocycles. The third-order valence-electron chi connectivity index (χ3n) is 1.19. The molecule has 0 radical (unpaired) electrons. The predicted octanol–water partition coefficient (Wildman–Crippen LogP) is 2.61. The number of hydrogen-bond acceptors (Lipinski definition) is 2. The van der Waals surface area contributed by atoms with Crippen LogP contribution in [0.4, 0.5) is 0 Å². The van der Waals surface area contributed by atoms with E-state index >= 15 is 0 Å². The highest BCUT2D eigenvalue weighted by Crippen LogP contribution is 1.99. The predicted molar refractivity (Wildman–Crippen MR) is 48.7 cm³/mol. The van der Waals surface area contributed by atoms with E-state index in [9.17, 15) is 0 Å². The van der Waals surface area contributed by atoms with E-state index in [1.54, 1.807) is 0 Å². The van der Waals surface area contributed by atoms with Crippen LogP contribution < -0.4 is 0 Å². The summed E-state index contributed by atoms with van der Waals surface area (Å²) < 4.78 is 5.12. The van der Waals surface area contributed by atoms with Gasteiger partial charge in [-0.15, -0.1) is 0 Å². The number of rotatable bonds is 4. The molecule has 0 aliphatic rings. The van der Waals surface area contributed by atoms with Crippen molar-refractivity contribution < 1.29 is 4.74 Å². The van der Waals surface area contributed by atoms with Crippen LogP contribution in [-0.4, -0.2) is 12.4 Å². The van der Waals surface area contributed by atoms with Crippen molar-refractivity contribution in [2.75, 3.05) is 6.54 Å². The lowest BCUT2D eigenvalue weighted by Gasteiger charge is -2.07. The SMILES string of the molecule is C=COC(=NCCC)C(C)C. The summed E-state index contributed by atoms with van der Waals surface area (Å²) in [4.78, 5) is 4.25. The van der Waals surface area contributed by atoms with Crippen LogP contribution in [0.3, 0.4) is 0 Å². The minimum Gasteiger partial charge on any atom is -0.451 e. The van der Waals surface area contributed by atoms with E-state index in [-0.39, 0.29) is 0 Å². The smallest absolute Gasteiger partial charge is 0.191 e. The summed E-state index contributed by atoms with van der Waals surface area (Å²) in [5.74, 6) is 1.13. The average Bonchev–Trinajstić information content (AvgIpc) is 1.97. The Hall–Kier alpha value is -0.790. The summed E-state index contributed by atoms with van der Waals surface area (Å²) in [5, 5.41) is 0. The second kappa shape index (κ2) is 5.96. The summed E-state index contributed by atoms with van der Waals surface area (Å²) in [6.07, 6.45) is 2.48. The van der Waals surface area contributed by atoms with E-state index < -0.39 is 0 Å². The van der Waals surface area contributed by atoms with Crippen molar-refractivity contribution in [3.8, 4) is 0 Å². The molecule has 0 aromatic rings. The molecule has 0 fully saturated rings. The fourth-order valence-electron chi connectivity index (χ4n) is 0.663. The maximum Gasteiger partial charge on any atom is 0.191 e. The Morgan fingerprint density at radius 3 is 2.64 bits per heavy atom. The van der Waals surface area contributed by atoms with E-state index in [1.807, 2.05) is 0 Å². The molecule has 0 aliphatic carbocycles. The van der Waals surface area contributed by atoms with Crippen LogP contribution in [-0.2, 0) is 4.74 Å². The highest BCUT2D eigenvalue weighted by molar-refractivity contribution is 5.78. The molecule has 0 spiro atoms. The van der Waals surface area contributed by atoms with E-state index in [2.05, 4.69) is 32.3 Å². The number of hydrogen-bond donors (Lipinski definition) is 0. The number of nitrogens with zero attached hydrogens (tertiary/aromatic N) is 1. The molecule has 0 saturated carbocycles. The van der Waals surface area contributed by atoms with E-state index in [1.165, 1.54) is 6.26 Å². The maximum atomic E-state index is 5.12. The summed E-state index contributed by atoms with van der Waals surface area (Å²) in [6, 6.07) is 0. The van der Waals surface area contributed by atoms with Gasteiger partial charge in [0.1, 0.15) is 0 Å². The molecule has 2 heteroatoms. The Balaban J connectivity index is 3.96. The lowest BCUT2D eigenvalue weighted by atomic mass is 10.2. The van der Waals surface area contributed by atoms with Gasteiger partial charge in [-0.05, 0) is 6.42 Å². The first kappa shape index (κ1) is 10.2. The molecule has 0 N–H and O–H groups in total. The Labute approximate surface area is 69.0 Å². The molecule has 0 aromatic carbocycles. The molecule has 11 heavy (non-hydrogen) atoms. The minimum absolute atomic E-state index is 0.347. The molecule has 64 valence electrons. The molecule has 0 aliphatic heterocycles. The maximum absolute atomic E-state index is 5.12. The topological polar surface area (TPSA) is 21.6 Å². The molecule has 0 rings (SSSR count). The van der Waals surface area contributed by atoms with Gasteiger partial charge in [0.25, 0.3) is 0 Å². The van der Waals surface area contributed by atoms with Crippen LogP contribution in [0, 0.1) is 5.92 Å². The Morgan fingerprint density at radius 1 is 1.64 bits per heavy atom. The first-order chi connectivity index (χ1) is 5.22. The zero-order valence-electron chi connectivity index (χ0n) is 7.63. The molecular formula is C9H17NO. The van der Waals surface area contributed by atoms with Gasteiger partial charge in [-0.25, -0.2) is 0 Å². The standard InChI is InChI=1S/C9H17NO/c1-5-7-10-9(8(3)4)11-6-2/h6,8H,2,5,7H2,1,3-4H3. The van der Waals surface area contributed by atoms with Gasteiger partial charge in [-0.2, -0.15) is 0 Å². The lowest BCUT2D eigenvalue weighted by Crippen LogP contribution is -2.09. The van der Waals surface area contributed by atoms with Gasteiger partial charge in [-0.1, -0.05) is 27.4 Å². The number of ether oxygens (including phenoxy) is 1. The van der Waals surface area contributed by atoms with Crippen LogP contribution in [0.2, 0.25) is 0 Å². The molecule has 0 amide bonds. The summed E-state index contributed by atoms with van der Waals surface area (Å²) in [5.41, 5.74) is 0. The van der Waals surface area contributed by atoms with Gasteiger partial charge in [0.05, 0.1) is 6.26 Å².